The van der Waals surface area contributed by atoms with Crippen LogP contribution in [0.2, 0.25) is 0 Å². The first-order chi connectivity index (χ1) is 22.6. The van der Waals surface area contributed by atoms with Crippen LogP contribution in [0.15, 0.2) is 78.1 Å². The van der Waals surface area contributed by atoms with Gasteiger partial charge in [-0.3, -0.25) is 14.5 Å². The molecule has 1 unspecified atom stereocenters. The number of para-hydroxylation sites is 1. The Morgan fingerprint density at radius 3 is 2.60 bits per heavy atom. The second-order valence-corrected chi connectivity index (χ2v) is 13.4. The molecule has 4 amide bonds. The molecule has 1 saturated heterocycles. The number of imidazole rings is 1. The van der Waals surface area contributed by atoms with Crippen molar-refractivity contribution in [1.82, 2.24) is 29.1 Å². The number of hydrogen-bond donors (Lipinski definition) is 3. The fourth-order valence-electron chi connectivity index (χ4n) is 5.76. The Morgan fingerprint density at radius 2 is 1.81 bits per heavy atom. The van der Waals surface area contributed by atoms with Crippen molar-refractivity contribution < 1.29 is 27.5 Å². The molecule has 3 heterocycles. The molecule has 0 saturated carbocycles. The number of nitrogens with zero attached hydrogens (tertiary/aromatic N) is 4. The second-order valence-electron chi connectivity index (χ2n) is 11.5. The van der Waals surface area contributed by atoms with Gasteiger partial charge in [0.05, 0.1) is 27.8 Å². The van der Waals surface area contributed by atoms with Gasteiger partial charge in [-0.05, 0) is 61.3 Å². The van der Waals surface area contributed by atoms with E-state index in [9.17, 15) is 22.8 Å². The van der Waals surface area contributed by atoms with Crippen LogP contribution in [0.3, 0.4) is 0 Å². The van der Waals surface area contributed by atoms with Gasteiger partial charge in [0.1, 0.15) is 17.5 Å². The number of H-pyrrole nitrogens is 2. The van der Waals surface area contributed by atoms with Crippen molar-refractivity contribution >= 4 is 49.8 Å². The summed E-state index contributed by atoms with van der Waals surface area (Å²) in [6, 6.07) is 14.2. The molecule has 47 heavy (non-hydrogen) atoms. The van der Waals surface area contributed by atoms with Gasteiger partial charge in [0.15, 0.2) is 0 Å². The quantitative estimate of drug-likeness (QED) is 0.132. The van der Waals surface area contributed by atoms with Crippen LogP contribution in [0.4, 0.5) is 4.79 Å². The van der Waals surface area contributed by atoms with Gasteiger partial charge in [-0.2, -0.15) is 0 Å². The van der Waals surface area contributed by atoms with E-state index in [1.807, 2.05) is 24.3 Å². The van der Waals surface area contributed by atoms with Gasteiger partial charge in [0, 0.05) is 50.2 Å². The van der Waals surface area contributed by atoms with Crippen LogP contribution < -0.4 is 10.5 Å². The Morgan fingerprint density at radius 1 is 1.00 bits per heavy atom. The van der Waals surface area contributed by atoms with E-state index in [1.165, 1.54) is 37.2 Å². The Kier molecular flexibility index (Phi) is 8.71. The summed E-state index contributed by atoms with van der Waals surface area (Å²) < 4.78 is 35.5. The number of aromatic amines is 2. The molecule has 0 bridgehead atoms. The summed E-state index contributed by atoms with van der Waals surface area (Å²) in [4.78, 5) is 53.3. The summed E-state index contributed by atoms with van der Waals surface area (Å²) in [5.74, 6) is -0.604. The SMILES string of the molecule is CN(C)C(=O)c1cc(S(=O)(=O)N2C(=O)N(CCCCCN)C(=O)C2Cc2c[nH]c3ccccc23)ccc1Oc1ccc2nc[nH]c2c1. The lowest BCUT2D eigenvalue weighted by molar-refractivity contribution is -0.128. The highest BCUT2D eigenvalue weighted by molar-refractivity contribution is 7.89. The third kappa shape index (κ3) is 6.04. The Bertz CT molecular complexity index is 2090. The molecule has 2 aromatic heterocycles. The predicted octanol–water partition coefficient (Wildman–Crippen LogP) is 4.23. The van der Waals surface area contributed by atoms with Crippen LogP contribution >= 0.6 is 0 Å². The first-order valence-electron chi connectivity index (χ1n) is 15.2. The number of aromatic nitrogens is 3. The summed E-state index contributed by atoms with van der Waals surface area (Å²) in [7, 11) is -1.57. The molecule has 1 aliphatic heterocycles. The number of amides is 4. The maximum Gasteiger partial charge on any atom is 0.341 e. The molecule has 14 heteroatoms. The number of carbonyl (C=O) groups excluding carboxylic acids is 3. The van der Waals surface area contributed by atoms with Crippen molar-refractivity contribution in [3.05, 3.63) is 84.3 Å². The lowest BCUT2D eigenvalue weighted by Crippen LogP contribution is -2.41. The zero-order valence-corrected chi connectivity index (χ0v) is 26.8. The van der Waals surface area contributed by atoms with Crippen molar-refractivity contribution in [1.29, 1.82) is 0 Å². The molecule has 0 aliphatic carbocycles. The number of rotatable bonds is 12. The van der Waals surface area contributed by atoms with Gasteiger partial charge >= 0.3 is 6.03 Å². The van der Waals surface area contributed by atoms with E-state index in [1.54, 1.807) is 30.7 Å². The number of fused-ring (bicyclic) bond motifs is 2. The molecule has 5 aromatic rings. The molecule has 1 fully saturated rings. The van der Waals surface area contributed by atoms with Gasteiger partial charge in [0.25, 0.3) is 21.8 Å². The minimum absolute atomic E-state index is 0.0339. The number of ether oxygens (including phenoxy) is 1. The highest BCUT2D eigenvalue weighted by atomic mass is 32.2. The summed E-state index contributed by atoms with van der Waals surface area (Å²) in [5.41, 5.74) is 8.53. The molecule has 244 valence electrons. The van der Waals surface area contributed by atoms with Crippen molar-refractivity contribution in [3.63, 3.8) is 0 Å². The highest BCUT2D eigenvalue weighted by Gasteiger charge is 2.51. The number of benzene rings is 3. The van der Waals surface area contributed by atoms with E-state index in [4.69, 9.17) is 10.5 Å². The minimum atomic E-state index is -4.64. The summed E-state index contributed by atoms with van der Waals surface area (Å²) >= 11 is 0. The fraction of sp³-hybridized carbons (Fsp3) is 0.273. The number of nitrogens with one attached hydrogen (secondary N) is 2. The summed E-state index contributed by atoms with van der Waals surface area (Å²) in [6.07, 6.45) is 5.11. The van der Waals surface area contributed by atoms with Crippen molar-refractivity contribution in [2.45, 2.75) is 36.6 Å². The standard InChI is InChI=1S/C33H35N7O6S/c1-38(2)31(41)25-18-23(11-13-30(25)46-22-10-12-27-28(17-22)37-20-36-27)47(44,45)40-29(16-21-19-35-26-9-5-4-8-24(21)26)32(42)39(33(40)43)15-7-3-6-14-34/h4-5,8-13,17-20,29,35H,3,6-7,14-16,34H2,1-2H3,(H,36,37). The molecule has 0 radical (unpaired) electrons. The van der Waals surface area contributed by atoms with E-state index in [0.717, 1.165) is 21.3 Å². The van der Waals surface area contributed by atoms with Gasteiger partial charge in [-0.1, -0.05) is 24.6 Å². The number of unbranched alkanes of at least 4 members (excludes halogenated alkanes) is 2. The number of hydrogen-bond acceptors (Lipinski definition) is 8. The van der Waals surface area contributed by atoms with Gasteiger partial charge in [0.2, 0.25) is 0 Å². The van der Waals surface area contributed by atoms with E-state index < -0.39 is 33.9 Å². The Balaban J connectivity index is 1.38. The fourth-order valence-corrected chi connectivity index (χ4v) is 7.30. The zero-order chi connectivity index (χ0) is 33.3. The number of imide groups is 1. The largest absolute Gasteiger partial charge is 0.456 e. The third-order valence-corrected chi connectivity index (χ3v) is 9.97. The first-order valence-corrected chi connectivity index (χ1v) is 16.7. The first kappa shape index (κ1) is 31.8. The van der Waals surface area contributed by atoms with Gasteiger partial charge < -0.3 is 25.3 Å². The molecule has 1 aliphatic rings. The van der Waals surface area contributed by atoms with E-state index in [0.29, 0.717) is 46.9 Å². The molecule has 13 nitrogen and oxygen atoms in total. The summed E-state index contributed by atoms with van der Waals surface area (Å²) in [6.45, 7) is 0.531. The van der Waals surface area contributed by atoms with Crippen LogP contribution in [0.1, 0.15) is 35.2 Å². The number of carbonyl (C=O) groups is 3. The minimum Gasteiger partial charge on any atom is -0.456 e. The van der Waals surface area contributed by atoms with E-state index in [-0.39, 0.29) is 29.2 Å². The van der Waals surface area contributed by atoms with E-state index in [2.05, 4.69) is 15.0 Å². The van der Waals surface area contributed by atoms with Crippen LogP contribution in [0.5, 0.6) is 11.5 Å². The topological polar surface area (TPSA) is 175 Å². The number of nitrogens with two attached hydrogens (primary N) is 1. The van der Waals surface area contributed by atoms with Gasteiger partial charge in [-0.15, -0.1) is 0 Å². The molecule has 6 rings (SSSR count). The Hall–Kier alpha value is -5.21. The predicted molar refractivity (Wildman–Crippen MR) is 175 cm³/mol. The van der Waals surface area contributed by atoms with E-state index >= 15 is 0 Å². The van der Waals surface area contributed by atoms with Crippen LogP contribution in [0.25, 0.3) is 21.9 Å². The van der Waals surface area contributed by atoms with Crippen molar-refractivity contribution in [3.8, 4) is 11.5 Å². The maximum atomic E-state index is 14.4. The maximum absolute atomic E-state index is 14.4. The highest BCUT2D eigenvalue weighted by Crippen LogP contribution is 2.34. The normalized spacial score (nSPS) is 15.3. The van der Waals surface area contributed by atoms with Crippen molar-refractivity contribution in [2.75, 3.05) is 27.2 Å². The average molecular weight is 658 g/mol. The van der Waals surface area contributed by atoms with Crippen molar-refractivity contribution in [2.24, 2.45) is 5.73 Å². The number of sulfonamides is 1. The lowest BCUT2D eigenvalue weighted by Gasteiger charge is -2.23. The molecule has 1 atom stereocenters. The smallest absolute Gasteiger partial charge is 0.341 e. The average Bonchev–Trinajstić information content (AvgIpc) is 3.76. The Labute approximate surface area is 271 Å². The van der Waals surface area contributed by atoms with Crippen LogP contribution in [0, 0.1) is 0 Å². The molecular weight excluding hydrogens is 622 g/mol. The molecule has 0 spiro atoms. The van der Waals surface area contributed by atoms with Crippen LogP contribution in [-0.2, 0) is 21.2 Å². The molecule has 4 N–H and O–H groups in total. The molecule has 3 aromatic carbocycles. The van der Waals surface area contributed by atoms with Crippen LogP contribution in [-0.4, -0.2) is 88.5 Å². The second kappa shape index (κ2) is 12.9. The third-order valence-electron chi connectivity index (χ3n) is 8.19. The number of urea groups is 1. The lowest BCUT2D eigenvalue weighted by atomic mass is 10.0. The van der Waals surface area contributed by atoms with Gasteiger partial charge in [-0.25, -0.2) is 22.5 Å². The zero-order valence-electron chi connectivity index (χ0n) is 26.0. The monoisotopic (exact) mass is 657 g/mol. The summed E-state index contributed by atoms with van der Waals surface area (Å²) in [5, 5.41) is 0.820. The molecular formula is C33H35N7O6S.